The van der Waals surface area contributed by atoms with Crippen molar-refractivity contribution < 1.29 is 14.4 Å². The summed E-state index contributed by atoms with van der Waals surface area (Å²) >= 11 is 0. The van der Waals surface area contributed by atoms with Crippen LogP contribution in [-0.2, 0) is 0 Å². The first-order valence-electron chi connectivity index (χ1n) is 5.23. The van der Waals surface area contributed by atoms with Crippen LogP contribution in [0.2, 0.25) is 0 Å². The standard InChI is InChI=1S/C10H14N2O3/c1-6-2-4-7(5-3-6)9-11-8(10(13)14)12-15-9/h6-7H,2-5H2,1H3,(H,13,14). The number of carboxylic acids is 1. The maximum Gasteiger partial charge on any atom is 0.377 e. The number of aromatic nitrogens is 2. The smallest absolute Gasteiger partial charge is 0.377 e. The summed E-state index contributed by atoms with van der Waals surface area (Å²) in [5, 5.41) is 12.1. The van der Waals surface area contributed by atoms with Gasteiger partial charge in [-0.25, -0.2) is 4.79 Å². The molecule has 1 fully saturated rings. The highest BCUT2D eigenvalue weighted by Crippen LogP contribution is 2.34. The molecule has 5 nitrogen and oxygen atoms in total. The third-order valence-corrected chi connectivity index (χ3v) is 3.00. The number of rotatable bonds is 2. The molecule has 15 heavy (non-hydrogen) atoms. The van der Waals surface area contributed by atoms with E-state index < -0.39 is 5.97 Å². The molecule has 0 bridgehead atoms. The van der Waals surface area contributed by atoms with Gasteiger partial charge in [-0.05, 0) is 36.8 Å². The van der Waals surface area contributed by atoms with Gasteiger partial charge in [-0.2, -0.15) is 4.98 Å². The summed E-state index contributed by atoms with van der Waals surface area (Å²) in [6.07, 6.45) is 4.33. The van der Waals surface area contributed by atoms with Crippen molar-refractivity contribution in [3.8, 4) is 0 Å². The van der Waals surface area contributed by atoms with E-state index in [4.69, 9.17) is 9.63 Å². The van der Waals surface area contributed by atoms with Crippen LogP contribution in [0.15, 0.2) is 4.52 Å². The average Bonchev–Trinajstić information content (AvgIpc) is 2.68. The van der Waals surface area contributed by atoms with Gasteiger partial charge in [-0.1, -0.05) is 6.92 Å². The zero-order valence-electron chi connectivity index (χ0n) is 8.64. The molecule has 82 valence electrons. The number of hydrogen-bond donors (Lipinski definition) is 1. The molecular formula is C10H14N2O3. The summed E-state index contributed by atoms with van der Waals surface area (Å²) in [5.41, 5.74) is 0. The topological polar surface area (TPSA) is 76.2 Å². The Balaban J connectivity index is 2.06. The van der Waals surface area contributed by atoms with Crippen molar-refractivity contribution in [3.05, 3.63) is 11.7 Å². The van der Waals surface area contributed by atoms with Crippen molar-refractivity contribution in [1.29, 1.82) is 0 Å². The van der Waals surface area contributed by atoms with Gasteiger partial charge in [0.25, 0.3) is 5.82 Å². The fourth-order valence-corrected chi connectivity index (χ4v) is 1.99. The predicted molar refractivity (Wildman–Crippen MR) is 51.6 cm³/mol. The highest BCUT2D eigenvalue weighted by atomic mass is 16.5. The fraction of sp³-hybridized carbons (Fsp3) is 0.700. The van der Waals surface area contributed by atoms with Crippen molar-refractivity contribution >= 4 is 5.97 Å². The lowest BCUT2D eigenvalue weighted by atomic mass is 9.83. The van der Waals surface area contributed by atoms with Crippen LogP contribution >= 0.6 is 0 Å². The lowest BCUT2D eigenvalue weighted by Gasteiger charge is -2.22. The van der Waals surface area contributed by atoms with E-state index in [1.165, 1.54) is 0 Å². The largest absolute Gasteiger partial charge is 0.475 e. The molecular weight excluding hydrogens is 196 g/mol. The number of aromatic carboxylic acids is 1. The Labute approximate surface area is 87.5 Å². The van der Waals surface area contributed by atoms with Crippen molar-refractivity contribution in [2.45, 2.75) is 38.5 Å². The lowest BCUT2D eigenvalue weighted by molar-refractivity contribution is 0.0680. The summed E-state index contributed by atoms with van der Waals surface area (Å²) in [6, 6.07) is 0. The van der Waals surface area contributed by atoms with Crippen molar-refractivity contribution in [2.75, 3.05) is 0 Å². The van der Waals surface area contributed by atoms with E-state index in [0.717, 1.165) is 31.6 Å². The van der Waals surface area contributed by atoms with Gasteiger partial charge in [0.05, 0.1) is 0 Å². The molecule has 0 spiro atoms. The highest BCUT2D eigenvalue weighted by molar-refractivity contribution is 5.82. The Kier molecular flexibility index (Phi) is 2.70. The van der Waals surface area contributed by atoms with E-state index in [1.807, 2.05) is 0 Å². The summed E-state index contributed by atoms with van der Waals surface area (Å²) in [5.74, 6) is 0.127. The van der Waals surface area contributed by atoms with Gasteiger partial charge < -0.3 is 9.63 Å². The third kappa shape index (κ3) is 2.16. The van der Waals surface area contributed by atoms with Crippen LogP contribution in [0.1, 0.15) is 55.0 Å². The summed E-state index contributed by atoms with van der Waals surface area (Å²) in [6.45, 7) is 2.23. The van der Waals surface area contributed by atoms with Gasteiger partial charge in [0, 0.05) is 5.92 Å². The van der Waals surface area contributed by atoms with Crippen LogP contribution in [-0.4, -0.2) is 21.2 Å². The molecule has 1 saturated carbocycles. The molecule has 1 aliphatic carbocycles. The minimum atomic E-state index is -1.13. The second kappa shape index (κ2) is 4.00. The predicted octanol–water partition coefficient (Wildman–Crippen LogP) is 2.06. The molecule has 1 aromatic heterocycles. The monoisotopic (exact) mass is 210 g/mol. The molecule has 2 rings (SSSR count). The number of carbonyl (C=O) groups is 1. The van der Waals surface area contributed by atoms with E-state index >= 15 is 0 Å². The minimum Gasteiger partial charge on any atom is -0.475 e. The van der Waals surface area contributed by atoms with E-state index in [-0.39, 0.29) is 11.7 Å². The Morgan fingerprint density at radius 1 is 1.40 bits per heavy atom. The maximum absolute atomic E-state index is 10.6. The van der Waals surface area contributed by atoms with E-state index in [0.29, 0.717) is 5.89 Å². The van der Waals surface area contributed by atoms with Gasteiger partial charge in [-0.3, -0.25) is 0 Å². The van der Waals surface area contributed by atoms with Gasteiger partial charge in [-0.15, -0.1) is 0 Å². The zero-order chi connectivity index (χ0) is 10.8. The van der Waals surface area contributed by atoms with E-state index in [1.54, 1.807) is 0 Å². The van der Waals surface area contributed by atoms with Crippen LogP contribution in [0.5, 0.6) is 0 Å². The van der Waals surface area contributed by atoms with Crippen LogP contribution in [0, 0.1) is 5.92 Å². The van der Waals surface area contributed by atoms with Crippen LogP contribution in [0.25, 0.3) is 0 Å². The van der Waals surface area contributed by atoms with E-state index in [9.17, 15) is 4.79 Å². The average molecular weight is 210 g/mol. The Hall–Kier alpha value is -1.39. The molecule has 1 heterocycles. The Morgan fingerprint density at radius 3 is 2.60 bits per heavy atom. The van der Waals surface area contributed by atoms with Crippen LogP contribution < -0.4 is 0 Å². The Bertz CT molecular complexity index is 353. The lowest BCUT2D eigenvalue weighted by Crippen LogP contribution is -2.11. The molecule has 0 atom stereocenters. The second-order valence-electron chi connectivity index (χ2n) is 4.22. The minimum absolute atomic E-state index is 0.233. The molecule has 0 saturated heterocycles. The Morgan fingerprint density at radius 2 is 2.07 bits per heavy atom. The first kappa shape index (κ1) is 10.1. The van der Waals surface area contributed by atoms with Gasteiger partial charge >= 0.3 is 5.97 Å². The number of hydrogen-bond acceptors (Lipinski definition) is 4. The quantitative estimate of drug-likeness (QED) is 0.808. The summed E-state index contributed by atoms with van der Waals surface area (Å²) in [7, 11) is 0. The first-order valence-corrected chi connectivity index (χ1v) is 5.23. The van der Waals surface area contributed by atoms with Crippen LogP contribution in [0.4, 0.5) is 0 Å². The maximum atomic E-state index is 10.6. The van der Waals surface area contributed by atoms with E-state index in [2.05, 4.69) is 17.1 Å². The summed E-state index contributed by atoms with van der Waals surface area (Å²) in [4.78, 5) is 14.4. The molecule has 0 aliphatic heterocycles. The van der Waals surface area contributed by atoms with Gasteiger partial charge in [0.1, 0.15) is 0 Å². The molecule has 0 unspecified atom stereocenters. The normalized spacial score (nSPS) is 26.5. The summed E-state index contributed by atoms with van der Waals surface area (Å²) < 4.78 is 4.96. The first-order chi connectivity index (χ1) is 7.16. The van der Waals surface area contributed by atoms with Crippen molar-refractivity contribution in [2.24, 2.45) is 5.92 Å². The SMILES string of the molecule is CC1CCC(c2nc(C(=O)O)no2)CC1. The highest BCUT2D eigenvalue weighted by Gasteiger charge is 2.25. The molecule has 0 radical (unpaired) electrons. The molecule has 1 aromatic rings. The third-order valence-electron chi connectivity index (χ3n) is 3.00. The zero-order valence-corrected chi connectivity index (χ0v) is 8.64. The fourth-order valence-electron chi connectivity index (χ4n) is 1.99. The molecule has 1 aliphatic rings. The second-order valence-corrected chi connectivity index (χ2v) is 4.22. The molecule has 0 aromatic carbocycles. The number of nitrogens with zero attached hydrogens (tertiary/aromatic N) is 2. The molecule has 0 amide bonds. The van der Waals surface area contributed by atoms with Gasteiger partial charge in [0.2, 0.25) is 5.89 Å². The molecule has 5 heteroatoms. The van der Waals surface area contributed by atoms with Crippen LogP contribution in [0.3, 0.4) is 0 Å². The van der Waals surface area contributed by atoms with Crippen molar-refractivity contribution in [3.63, 3.8) is 0 Å². The van der Waals surface area contributed by atoms with Crippen molar-refractivity contribution in [1.82, 2.24) is 10.1 Å². The number of carboxylic acid groups (broad SMARTS) is 1. The van der Waals surface area contributed by atoms with Gasteiger partial charge in [0.15, 0.2) is 0 Å². The molecule has 1 N–H and O–H groups in total.